The molecule has 0 saturated carbocycles. The lowest BCUT2D eigenvalue weighted by Crippen LogP contribution is -2.48. The van der Waals surface area contributed by atoms with Crippen molar-refractivity contribution >= 4 is 11.8 Å². The van der Waals surface area contributed by atoms with Gasteiger partial charge in [0.15, 0.2) is 5.69 Å². The molecule has 1 saturated heterocycles. The van der Waals surface area contributed by atoms with Gasteiger partial charge in [0.05, 0.1) is 18.7 Å². The molecule has 1 aromatic carbocycles. The van der Waals surface area contributed by atoms with Crippen molar-refractivity contribution in [3.05, 3.63) is 42.2 Å². The average Bonchev–Trinajstić information content (AvgIpc) is 3.11. The van der Waals surface area contributed by atoms with Crippen LogP contribution >= 0.6 is 0 Å². The molecular weight excluding hydrogens is 320 g/mol. The summed E-state index contributed by atoms with van der Waals surface area (Å²) in [5, 5.41) is 4.38. The van der Waals surface area contributed by atoms with E-state index in [2.05, 4.69) is 5.10 Å². The summed E-state index contributed by atoms with van der Waals surface area (Å²) in [6.07, 6.45) is 3.23. The first kappa shape index (κ1) is 17.0. The molecule has 1 aliphatic heterocycles. The fraction of sp³-hybridized carbons (Fsp3) is 0.389. The number of rotatable bonds is 4. The number of hydrogen-bond acceptors (Lipinski definition) is 4. The molecule has 7 nitrogen and oxygen atoms in total. The quantitative estimate of drug-likeness (QED) is 0.914. The Balaban J connectivity index is 1.78. The van der Waals surface area contributed by atoms with E-state index in [0.29, 0.717) is 12.2 Å². The van der Waals surface area contributed by atoms with Crippen molar-refractivity contribution in [1.82, 2.24) is 14.7 Å². The maximum Gasteiger partial charge on any atom is 0.274 e. The van der Waals surface area contributed by atoms with Crippen molar-refractivity contribution in [2.75, 3.05) is 13.7 Å². The highest BCUT2D eigenvalue weighted by Crippen LogP contribution is 2.23. The molecule has 2 aromatic rings. The third kappa shape index (κ3) is 3.50. The number of carbonyl (C=O) groups is 2. The second-order valence-electron chi connectivity index (χ2n) is 6.33. The predicted molar refractivity (Wildman–Crippen MR) is 92.5 cm³/mol. The predicted octanol–water partition coefficient (Wildman–Crippen LogP) is 1.61. The van der Waals surface area contributed by atoms with Gasteiger partial charge in [-0.1, -0.05) is 0 Å². The summed E-state index contributed by atoms with van der Waals surface area (Å²) in [6, 6.07) is 9.16. The van der Waals surface area contributed by atoms with E-state index >= 15 is 0 Å². The van der Waals surface area contributed by atoms with Crippen molar-refractivity contribution in [3.8, 4) is 11.4 Å². The van der Waals surface area contributed by atoms with E-state index in [4.69, 9.17) is 10.5 Å². The van der Waals surface area contributed by atoms with Gasteiger partial charge in [-0.15, -0.1) is 0 Å². The smallest absolute Gasteiger partial charge is 0.274 e. The van der Waals surface area contributed by atoms with E-state index in [1.54, 1.807) is 29.0 Å². The van der Waals surface area contributed by atoms with Crippen LogP contribution in [0.2, 0.25) is 0 Å². The number of amides is 2. The van der Waals surface area contributed by atoms with Crippen molar-refractivity contribution in [1.29, 1.82) is 0 Å². The largest absolute Gasteiger partial charge is 0.497 e. The average molecular weight is 342 g/mol. The van der Waals surface area contributed by atoms with E-state index in [1.165, 1.54) is 0 Å². The number of benzene rings is 1. The molecule has 3 rings (SSSR count). The summed E-state index contributed by atoms with van der Waals surface area (Å²) in [4.78, 5) is 26.0. The molecule has 1 aliphatic rings. The van der Waals surface area contributed by atoms with Crippen molar-refractivity contribution < 1.29 is 14.3 Å². The van der Waals surface area contributed by atoms with E-state index in [9.17, 15) is 9.59 Å². The number of carbonyl (C=O) groups excluding carboxylic acids is 2. The molecule has 2 amide bonds. The number of piperidine rings is 1. The van der Waals surface area contributed by atoms with Gasteiger partial charge < -0.3 is 15.4 Å². The normalized spacial score (nSPS) is 20.3. The minimum absolute atomic E-state index is 0.0641. The molecule has 1 aromatic heterocycles. The molecular formula is C18H22N4O3. The number of ether oxygens (including phenoxy) is 1. The lowest BCUT2D eigenvalue weighted by Gasteiger charge is -2.36. The Morgan fingerprint density at radius 2 is 1.92 bits per heavy atom. The van der Waals surface area contributed by atoms with Crippen LogP contribution in [0.25, 0.3) is 5.69 Å². The topological polar surface area (TPSA) is 90.5 Å². The number of hydrogen-bond donors (Lipinski definition) is 1. The molecule has 0 unspecified atom stereocenters. The van der Waals surface area contributed by atoms with Gasteiger partial charge in [0.1, 0.15) is 5.75 Å². The Labute approximate surface area is 146 Å². The van der Waals surface area contributed by atoms with Crippen LogP contribution in [0.15, 0.2) is 36.5 Å². The second-order valence-corrected chi connectivity index (χ2v) is 6.33. The van der Waals surface area contributed by atoms with Gasteiger partial charge in [-0.05, 0) is 50.1 Å². The highest BCUT2D eigenvalue weighted by Gasteiger charge is 2.32. The zero-order chi connectivity index (χ0) is 18.0. The van der Waals surface area contributed by atoms with E-state index in [-0.39, 0.29) is 23.8 Å². The third-order valence-corrected chi connectivity index (χ3v) is 4.69. The van der Waals surface area contributed by atoms with Crippen LogP contribution in [0, 0.1) is 5.92 Å². The molecule has 2 atom stereocenters. The zero-order valence-corrected chi connectivity index (χ0v) is 14.4. The molecule has 1 fully saturated rings. The molecule has 2 heterocycles. The van der Waals surface area contributed by atoms with Crippen molar-refractivity contribution in [2.24, 2.45) is 11.7 Å². The van der Waals surface area contributed by atoms with Gasteiger partial charge in [0.25, 0.3) is 5.91 Å². The highest BCUT2D eigenvalue weighted by molar-refractivity contribution is 5.93. The summed E-state index contributed by atoms with van der Waals surface area (Å²) in [5.74, 6) is -0.0603. The maximum absolute atomic E-state index is 12.8. The number of likely N-dealkylation sites (tertiary alicyclic amines) is 1. The third-order valence-electron chi connectivity index (χ3n) is 4.69. The first-order valence-corrected chi connectivity index (χ1v) is 8.30. The van der Waals surface area contributed by atoms with Gasteiger partial charge in [0.2, 0.25) is 5.91 Å². The summed E-state index contributed by atoms with van der Waals surface area (Å²) in [5.41, 5.74) is 6.60. The Bertz CT molecular complexity index is 769. The van der Waals surface area contributed by atoms with Gasteiger partial charge in [-0.25, -0.2) is 4.68 Å². The molecule has 0 aliphatic carbocycles. The van der Waals surface area contributed by atoms with E-state index in [1.807, 2.05) is 31.2 Å². The minimum Gasteiger partial charge on any atom is -0.497 e. The minimum atomic E-state index is -0.353. The SMILES string of the molecule is COc1ccc(-n2ccc(C(=O)N3C[C@@H](C(N)=O)CC[C@@H]3C)n2)cc1. The van der Waals surface area contributed by atoms with Crippen LogP contribution in [0.5, 0.6) is 5.75 Å². The first-order valence-electron chi connectivity index (χ1n) is 8.30. The molecule has 7 heteroatoms. The van der Waals surface area contributed by atoms with Crippen LogP contribution in [0.3, 0.4) is 0 Å². The second kappa shape index (κ2) is 6.96. The number of nitrogens with two attached hydrogens (primary N) is 1. The number of methoxy groups -OCH3 is 1. The fourth-order valence-corrected chi connectivity index (χ4v) is 3.09. The molecule has 0 bridgehead atoms. The molecule has 25 heavy (non-hydrogen) atoms. The van der Waals surface area contributed by atoms with Crippen molar-refractivity contribution in [2.45, 2.75) is 25.8 Å². The monoisotopic (exact) mass is 342 g/mol. The fourth-order valence-electron chi connectivity index (χ4n) is 3.09. The van der Waals surface area contributed by atoms with Crippen LogP contribution in [0.1, 0.15) is 30.3 Å². The molecule has 2 N–H and O–H groups in total. The zero-order valence-electron chi connectivity index (χ0n) is 14.4. The van der Waals surface area contributed by atoms with Crippen LogP contribution in [-0.4, -0.2) is 46.2 Å². The Kier molecular flexibility index (Phi) is 4.74. The van der Waals surface area contributed by atoms with Gasteiger partial charge >= 0.3 is 0 Å². The van der Waals surface area contributed by atoms with E-state index < -0.39 is 0 Å². The Hall–Kier alpha value is -2.83. The van der Waals surface area contributed by atoms with Gasteiger partial charge in [-0.3, -0.25) is 9.59 Å². The highest BCUT2D eigenvalue weighted by atomic mass is 16.5. The molecule has 0 spiro atoms. The Morgan fingerprint density at radius 3 is 2.56 bits per heavy atom. The Morgan fingerprint density at radius 1 is 1.20 bits per heavy atom. The lowest BCUT2D eigenvalue weighted by atomic mass is 9.92. The number of primary amides is 1. The summed E-state index contributed by atoms with van der Waals surface area (Å²) < 4.78 is 6.79. The maximum atomic E-state index is 12.8. The summed E-state index contributed by atoms with van der Waals surface area (Å²) in [6.45, 7) is 2.33. The van der Waals surface area contributed by atoms with Gasteiger partial charge in [-0.2, -0.15) is 5.10 Å². The van der Waals surface area contributed by atoms with Crippen LogP contribution < -0.4 is 10.5 Å². The summed E-state index contributed by atoms with van der Waals surface area (Å²) in [7, 11) is 1.61. The van der Waals surface area contributed by atoms with E-state index in [0.717, 1.165) is 24.3 Å². The lowest BCUT2D eigenvalue weighted by molar-refractivity contribution is -0.123. The molecule has 132 valence electrons. The van der Waals surface area contributed by atoms with Crippen LogP contribution in [0.4, 0.5) is 0 Å². The summed E-state index contributed by atoms with van der Waals surface area (Å²) >= 11 is 0. The van der Waals surface area contributed by atoms with Crippen LogP contribution in [-0.2, 0) is 4.79 Å². The standard InChI is InChI=1S/C18H22N4O3/c1-12-3-4-13(17(19)23)11-21(12)18(24)16-9-10-22(20-16)14-5-7-15(25-2)8-6-14/h5-10,12-13H,3-4,11H2,1-2H3,(H2,19,23)/t12-,13-/m0/s1. The number of aromatic nitrogens is 2. The number of nitrogens with zero attached hydrogens (tertiary/aromatic N) is 3. The van der Waals surface area contributed by atoms with Gasteiger partial charge in [0, 0.05) is 18.8 Å². The molecule has 0 radical (unpaired) electrons. The first-order chi connectivity index (χ1) is 12.0. The van der Waals surface area contributed by atoms with Crippen molar-refractivity contribution in [3.63, 3.8) is 0 Å².